The summed E-state index contributed by atoms with van der Waals surface area (Å²) in [6, 6.07) is 1.18. The monoisotopic (exact) mass is 651 g/mol. The predicted molar refractivity (Wildman–Crippen MR) is 180 cm³/mol. The number of aromatic nitrogens is 2. The van der Waals surface area contributed by atoms with Gasteiger partial charge in [0.1, 0.15) is 11.9 Å². The maximum atomic E-state index is 14.4. The fraction of sp³-hybridized carbons (Fsp3) is 0.583. The van der Waals surface area contributed by atoms with Crippen molar-refractivity contribution in [3.05, 3.63) is 81.0 Å². The van der Waals surface area contributed by atoms with Gasteiger partial charge in [-0.15, -0.1) is 0 Å². The molecule has 256 valence electrons. The van der Waals surface area contributed by atoms with Crippen LogP contribution in [0.3, 0.4) is 0 Å². The van der Waals surface area contributed by atoms with Crippen molar-refractivity contribution in [3.8, 4) is 0 Å². The molecule has 0 aromatic carbocycles. The standard InChI is InChI=1S/C36H53F2N3O5/c1-25(2)12-9-15-28(5)18-10-16-26(3)13-7-8-14-27(4)17-11-19-29(6)20-21-32(43)39-31-22-23-41(35(45)40-31)34-36(37,38)33(44)30(24-42)46-34/h12-14,18-19,22-23,30,33-34,42,44H,7-11,15-17,20-21,24H2,1-6H3,(H,39,40,43,45)/b26-13+,27-14+,28-18+,29-19+/t30-,33-,34-/m1/s1/i1D3,2D3. The van der Waals surface area contributed by atoms with E-state index in [1.54, 1.807) is 0 Å². The minimum Gasteiger partial charge on any atom is -0.394 e. The smallest absolute Gasteiger partial charge is 0.351 e. The molecule has 1 aliphatic rings. The van der Waals surface area contributed by atoms with Gasteiger partial charge in [0.25, 0.3) is 0 Å². The molecule has 0 bridgehead atoms. The third-order valence-electron chi connectivity index (χ3n) is 7.76. The number of ether oxygens (including phenoxy) is 1. The van der Waals surface area contributed by atoms with E-state index >= 15 is 0 Å². The number of amides is 1. The van der Waals surface area contributed by atoms with E-state index in [4.69, 9.17) is 18.1 Å². The number of aliphatic hydroxyl groups is 2. The number of unbranched alkanes of at least 4 members (excludes halogenated alkanes) is 1. The average Bonchev–Trinajstić information content (AvgIpc) is 3.26. The van der Waals surface area contributed by atoms with Crippen molar-refractivity contribution in [1.82, 2.24) is 9.55 Å². The van der Waals surface area contributed by atoms with Crippen LogP contribution in [0.2, 0.25) is 0 Å². The summed E-state index contributed by atoms with van der Waals surface area (Å²) in [5, 5.41) is 21.3. The highest BCUT2D eigenvalue weighted by atomic mass is 19.3. The maximum Gasteiger partial charge on any atom is 0.351 e. The molecule has 1 aromatic rings. The van der Waals surface area contributed by atoms with Crippen molar-refractivity contribution in [2.45, 2.75) is 130 Å². The van der Waals surface area contributed by atoms with Crippen LogP contribution in [0.25, 0.3) is 0 Å². The van der Waals surface area contributed by atoms with Crippen LogP contribution in [0.4, 0.5) is 14.6 Å². The lowest BCUT2D eigenvalue weighted by Gasteiger charge is -2.21. The summed E-state index contributed by atoms with van der Waals surface area (Å²) in [6.07, 6.45) is 11.9. The highest BCUT2D eigenvalue weighted by molar-refractivity contribution is 5.89. The second-order valence-corrected chi connectivity index (χ2v) is 11.9. The molecule has 0 unspecified atom stereocenters. The summed E-state index contributed by atoms with van der Waals surface area (Å²) in [5.74, 6) is -4.33. The van der Waals surface area contributed by atoms with Gasteiger partial charge in [-0.25, -0.2) is 4.79 Å². The van der Waals surface area contributed by atoms with Gasteiger partial charge in [0, 0.05) is 20.8 Å². The molecule has 0 saturated carbocycles. The van der Waals surface area contributed by atoms with Crippen LogP contribution >= 0.6 is 0 Å². The van der Waals surface area contributed by atoms with Gasteiger partial charge in [-0.1, -0.05) is 58.2 Å². The number of rotatable bonds is 18. The topological polar surface area (TPSA) is 114 Å². The third kappa shape index (κ3) is 13.3. The number of alkyl halides is 2. The zero-order valence-electron chi connectivity index (χ0n) is 33.3. The van der Waals surface area contributed by atoms with E-state index in [0.29, 0.717) is 23.8 Å². The molecule has 1 aliphatic heterocycles. The molecule has 2 heterocycles. The molecule has 1 aromatic heterocycles. The first kappa shape index (κ1) is 30.1. The summed E-state index contributed by atoms with van der Waals surface area (Å²) in [4.78, 5) is 28.5. The lowest BCUT2D eigenvalue weighted by molar-refractivity contribution is -0.141. The Morgan fingerprint density at radius 1 is 0.935 bits per heavy atom. The number of allylic oxidation sites excluding steroid dienone is 10. The van der Waals surface area contributed by atoms with Gasteiger partial charge in [0.15, 0.2) is 6.10 Å². The van der Waals surface area contributed by atoms with Gasteiger partial charge in [0.05, 0.1) is 6.61 Å². The number of hydrogen-bond donors (Lipinski definition) is 3. The SMILES string of the molecule is [2H]C([2H])([2H])C(=CCC/C(C)=C/CC/C(C)=C/CC/C=C(\C)CC/C=C(\C)CCC(=O)Nc1ccn([C@@H]2O[C@H](CO)[C@@H](O)C2(F)F)c(=O)n1)C([2H])([2H])[2H]. The fourth-order valence-corrected chi connectivity index (χ4v) is 4.90. The van der Waals surface area contributed by atoms with Crippen LogP contribution in [0.5, 0.6) is 0 Å². The molecule has 3 atom stereocenters. The van der Waals surface area contributed by atoms with Crippen molar-refractivity contribution in [2.75, 3.05) is 11.9 Å². The van der Waals surface area contributed by atoms with Crippen molar-refractivity contribution in [2.24, 2.45) is 0 Å². The van der Waals surface area contributed by atoms with Crippen molar-refractivity contribution < 1.29 is 36.7 Å². The van der Waals surface area contributed by atoms with Crippen LogP contribution < -0.4 is 11.0 Å². The normalized spacial score (nSPS) is 23.1. The van der Waals surface area contributed by atoms with E-state index in [1.165, 1.54) is 23.3 Å². The molecule has 3 N–H and O–H groups in total. The molecule has 0 spiro atoms. The summed E-state index contributed by atoms with van der Waals surface area (Å²) >= 11 is 0. The summed E-state index contributed by atoms with van der Waals surface area (Å²) in [6.45, 7) is 1.99. The summed E-state index contributed by atoms with van der Waals surface area (Å²) < 4.78 is 79.0. The highest BCUT2D eigenvalue weighted by Gasteiger charge is 2.59. The quantitative estimate of drug-likeness (QED) is 0.111. The first-order valence-electron chi connectivity index (χ1n) is 18.7. The van der Waals surface area contributed by atoms with Crippen molar-refractivity contribution >= 4 is 11.7 Å². The van der Waals surface area contributed by atoms with Gasteiger partial charge in [0.2, 0.25) is 12.1 Å². The molecule has 10 heteroatoms. The van der Waals surface area contributed by atoms with E-state index in [1.807, 2.05) is 13.8 Å². The Morgan fingerprint density at radius 2 is 1.46 bits per heavy atom. The molecule has 1 amide bonds. The molecule has 8 nitrogen and oxygen atoms in total. The number of nitrogens with one attached hydrogen (secondary N) is 1. The summed E-state index contributed by atoms with van der Waals surface area (Å²) in [7, 11) is 0. The Bertz CT molecular complexity index is 1550. The highest BCUT2D eigenvalue weighted by Crippen LogP contribution is 2.42. The van der Waals surface area contributed by atoms with Crippen LogP contribution in [-0.4, -0.2) is 50.4 Å². The Kier molecular flexibility index (Phi) is 12.7. The van der Waals surface area contributed by atoms with E-state index < -0.39 is 61.8 Å². The van der Waals surface area contributed by atoms with Crippen molar-refractivity contribution in [1.29, 1.82) is 0 Å². The number of anilines is 1. The molecular formula is C36H53F2N3O5. The molecule has 1 fully saturated rings. The molecule has 1 saturated heterocycles. The van der Waals surface area contributed by atoms with Crippen LogP contribution in [-0.2, 0) is 9.53 Å². The van der Waals surface area contributed by atoms with E-state index in [9.17, 15) is 23.5 Å². The fourth-order valence-electron chi connectivity index (χ4n) is 4.90. The van der Waals surface area contributed by atoms with E-state index in [-0.39, 0.29) is 12.2 Å². The van der Waals surface area contributed by atoms with Crippen LogP contribution in [0.15, 0.2) is 75.3 Å². The first-order chi connectivity index (χ1) is 24.2. The predicted octanol–water partition coefficient (Wildman–Crippen LogP) is 7.72. The van der Waals surface area contributed by atoms with Gasteiger partial charge in [-0.2, -0.15) is 13.8 Å². The Morgan fingerprint density at radius 3 is 1.96 bits per heavy atom. The molecular weight excluding hydrogens is 592 g/mol. The Labute approximate surface area is 281 Å². The second-order valence-electron chi connectivity index (χ2n) is 11.9. The van der Waals surface area contributed by atoms with E-state index in [2.05, 4.69) is 48.5 Å². The van der Waals surface area contributed by atoms with Gasteiger partial charge in [-0.05, 0) is 105 Å². The lowest BCUT2D eigenvalue weighted by Crippen LogP contribution is -2.41. The maximum absolute atomic E-state index is 14.4. The van der Waals surface area contributed by atoms with Gasteiger partial charge < -0.3 is 20.3 Å². The minimum atomic E-state index is -3.83. The number of aliphatic hydroxyl groups excluding tert-OH is 2. The second kappa shape index (κ2) is 19.5. The first-order valence-corrected chi connectivity index (χ1v) is 15.7. The zero-order valence-corrected chi connectivity index (χ0v) is 27.3. The Hall–Kier alpha value is -3.21. The number of hydrogen-bond acceptors (Lipinski definition) is 6. The van der Waals surface area contributed by atoms with Crippen LogP contribution in [0.1, 0.15) is 120 Å². The third-order valence-corrected chi connectivity index (χ3v) is 7.76. The minimum absolute atomic E-state index is 0.102. The number of nitrogens with zero attached hydrogens (tertiary/aromatic N) is 2. The summed E-state index contributed by atoms with van der Waals surface area (Å²) in [5.41, 5.74) is 3.10. The van der Waals surface area contributed by atoms with E-state index in [0.717, 1.165) is 55.9 Å². The largest absolute Gasteiger partial charge is 0.394 e. The van der Waals surface area contributed by atoms with Gasteiger partial charge in [-0.3, -0.25) is 9.36 Å². The zero-order chi connectivity index (χ0) is 39.3. The molecule has 0 aliphatic carbocycles. The van der Waals surface area contributed by atoms with Gasteiger partial charge >= 0.3 is 11.6 Å². The molecule has 0 radical (unpaired) electrons. The molecule has 2 rings (SSSR count). The number of carbonyl (C=O) groups is 1. The van der Waals surface area contributed by atoms with Crippen molar-refractivity contribution in [3.63, 3.8) is 0 Å². The lowest BCUT2D eigenvalue weighted by atomic mass is 10.0. The Balaban J connectivity index is 1.70. The molecule has 46 heavy (non-hydrogen) atoms. The number of halogens is 2. The number of carbonyl (C=O) groups excluding carboxylic acids is 1. The van der Waals surface area contributed by atoms with Crippen LogP contribution in [0, 0.1) is 0 Å². The average molecular weight is 652 g/mol.